The molecule has 0 aromatic carbocycles. The van der Waals surface area contributed by atoms with Gasteiger partial charge in [0.2, 0.25) is 0 Å². The molecule has 7 nitrogen and oxygen atoms in total. The average Bonchev–Trinajstić information content (AvgIpc) is 3.21. The van der Waals surface area contributed by atoms with Crippen LogP contribution in [0.15, 0.2) is 30.6 Å². The minimum absolute atomic E-state index is 0.0744. The van der Waals surface area contributed by atoms with Gasteiger partial charge in [-0.25, -0.2) is 9.37 Å². The molecule has 8 heteroatoms. The highest BCUT2D eigenvalue weighted by Gasteiger charge is 2.37. The maximum Gasteiger partial charge on any atom is 0.269 e. The number of pyridine rings is 1. The summed E-state index contributed by atoms with van der Waals surface area (Å²) < 4.78 is 14.6. The fourth-order valence-corrected chi connectivity index (χ4v) is 2.99. The zero-order chi connectivity index (χ0) is 18.0. The van der Waals surface area contributed by atoms with Crippen molar-refractivity contribution in [2.24, 2.45) is 0 Å². The summed E-state index contributed by atoms with van der Waals surface area (Å²) in [5.74, 6) is -0.0493. The predicted molar refractivity (Wildman–Crippen MR) is 90.9 cm³/mol. The molecule has 2 N–H and O–H groups in total. The van der Waals surface area contributed by atoms with Crippen LogP contribution in [0.2, 0.25) is 0 Å². The van der Waals surface area contributed by atoms with E-state index in [0.717, 1.165) is 6.20 Å². The number of rotatable bonds is 5. The monoisotopic (exact) mass is 347 g/mol. The number of carbonyl (C=O) groups excluding carboxylic acids is 1. The number of nitrogens with zero attached hydrogens (tertiary/aromatic N) is 4. The summed E-state index contributed by atoms with van der Waals surface area (Å²) in [5.41, 5.74) is -0.581. The molecule has 0 radical (unpaired) electrons. The third-order valence-electron chi connectivity index (χ3n) is 4.34. The number of hydrogen-bond acceptors (Lipinski definition) is 5. The molecule has 0 saturated carbocycles. The second-order valence-electron chi connectivity index (χ2n) is 6.67. The summed E-state index contributed by atoms with van der Waals surface area (Å²) in [6.07, 6.45) is 3.23. The van der Waals surface area contributed by atoms with E-state index in [-0.39, 0.29) is 18.5 Å². The molecule has 3 heterocycles. The Bertz CT molecular complexity index is 746. The standard InChI is InChI=1S/C17H22FN5O2/c1-12(2)23-14(5-7-21-23)16(24)20-10-17(25)6-8-22(11-17)15-4-3-13(18)9-19-15/h3-5,7,9,12,25H,6,8,10-11H2,1-2H3,(H,20,24). The smallest absolute Gasteiger partial charge is 0.269 e. The molecular formula is C17H22FN5O2. The Hall–Kier alpha value is -2.48. The Morgan fingerprint density at radius 3 is 2.92 bits per heavy atom. The number of β-amino-alcohol motifs (C(OH)–C–C–N with tert-alkyl or cyclic N) is 1. The first-order valence-electron chi connectivity index (χ1n) is 8.28. The van der Waals surface area contributed by atoms with E-state index in [1.54, 1.807) is 23.0 Å². The number of nitrogens with one attached hydrogen (secondary N) is 1. The van der Waals surface area contributed by atoms with Crippen LogP contribution in [0.25, 0.3) is 0 Å². The Morgan fingerprint density at radius 2 is 2.24 bits per heavy atom. The van der Waals surface area contributed by atoms with Crippen LogP contribution in [-0.2, 0) is 0 Å². The lowest BCUT2D eigenvalue weighted by Crippen LogP contribution is -2.45. The molecular weight excluding hydrogens is 325 g/mol. The van der Waals surface area contributed by atoms with Gasteiger partial charge in [-0.1, -0.05) is 0 Å². The van der Waals surface area contributed by atoms with E-state index in [1.165, 1.54) is 6.07 Å². The van der Waals surface area contributed by atoms with E-state index in [1.807, 2.05) is 18.7 Å². The Balaban J connectivity index is 1.60. The lowest BCUT2D eigenvalue weighted by atomic mass is 10.0. The maximum atomic E-state index is 13.0. The van der Waals surface area contributed by atoms with Crippen LogP contribution >= 0.6 is 0 Å². The average molecular weight is 347 g/mol. The molecule has 25 heavy (non-hydrogen) atoms. The summed E-state index contributed by atoms with van der Waals surface area (Å²) in [5, 5.41) is 17.6. The SMILES string of the molecule is CC(C)n1nccc1C(=O)NCC1(O)CCN(c2ccc(F)cn2)C1. The molecule has 1 aliphatic heterocycles. The lowest BCUT2D eigenvalue weighted by Gasteiger charge is -2.24. The van der Waals surface area contributed by atoms with Crippen LogP contribution in [0.4, 0.5) is 10.2 Å². The molecule has 0 spiro atoms. The van der Waals surface area contributed by atoms with Gasteiger partial charge in [0.15, 0.2) is 0 Å². The Kier molecular flexibility index (Phi) is 4.71. The molecule has 1 atom stereocenters. The zero-order valence-electron chi connectivity index (χ0n) is 14.3. The van der Waals surface area contributed by atoms with E-state index in [4.69, 9.17) is 0 Å². The van der Waals surface area contributed by atoms with Crippen molar-refractivity contribution in [2.75, 3.05) is 24.5 Å². The number of carbonyl (C=O) groups is 1. The van der Waals surface area contributed by atoms with Crippen molar-refractivity contribution in [2.45, 2.75) is 31.9 Å². The highest BCUT2D eigenvalue weighted by Crippen LogP contribution is 2.25. The van der Waals surface area contributed by atoms with Crippen molar-refractivity contribution in [3.05, 3.63) is 42.1 Å². The second-order valence-corrected chi connectivity index (χ2v) is 6.67. The van der Waals surface area contributed by atoms with Crippen LogP contribution in [0.5, 0.6) is 0 Å². The van der Waals surface area contributed by atoms with Crippen molar-refractivity contribution >= 4 is 11.7 Å². The summed E-state index contributed by atoms with van der Waals surface area (Å²) >= 11 is 0. The first-order chi connectivity index (χ1) is 11.9. The quantitative estimate of drug-likeness (QED) is 0.854. The molecule has 2 aromatic heterocycles. The summed E-state index contributed by atoms with van der Waals surface area (Å²) in [7, 11) is 0. The van der Waals surface area contributed by atoms with Crippen LogP contribution in [0, 0.1) is 5.82 Å². The number of anilines is 1. The van der Waals surface area contributed by atoms with Gasteiger partial charge in [0.05, 0.1) is 6.20 Å². The normalized spacial score (nSPS) is 20.3. The predicted octanol–water partition coefficient (Wildman–Crippen LogP) is 1.37. The molecule has 134 valence electrons. The Labute approximate surface area is 145 Å². The van der Waals surface area contributed by atoms with E-state index >= 15 is 0 Å². The fourth-order valence-electron chi connectivity index (χ4n) is 2.99. The number of hydrogen-bond donors (Lipinski definition) is 2. The van der Waals surface area contributed by atoms with Gasteiger partial charge in [-0.3, -0.25) is 9.48 Å². The Morgan fingerprint density at radius 1 is 1.44 bits per heavy atom. The van der Waals surface area contributed by atoms with Gasteiger partial charge in [0, 0.05) is 31.9 Å². The van der Waals surface area contributed by atoms with Gasteiger partial charge in [0.25, 0.3) is 5.91 Å². The topological polar surface area (TPSA) is 83.3 Å². The van der Waals surface area contributed by atoms with Crippen molar-refractivity contribution in [1.82, 2.24) is 20.1 Å². The number of aromatic nitrogens is 3. The number of aliphatic hydroxyl groups is 1. The molecule has 3 rings (SSSR count). The van der Waals surface area contributed by atoms with Crippen molar-refractivity contribution in [3.8, 4) is 0 Å². The van der Waals surface area contributed by atoms with Gasteiger partial charge < -0.3 is 15.3 Å². The van der Waals surface area contributed by atoms with Gasteiger partial charge in [-0.05, 0) is 38.5 Å². The lowest BCUT2D eigenvalue weighted by molar-refractivity contribution is 0.0571. The third-order valence-corrected chi connectivity index (χ3v) is 4.34. The van der Waals surface area contributed by atoms with Crippen LogP contribution in [-0.4, -0.2) is 51.0 Å². The van der Waals surface area contributed by atoms with Gasteiger partial charge in [-0.2, -0.15) is 5.10 Å². The van der Waals surface area contributed by atoms with Gasteiger partial charge in [0.1, 0.15) is 22.9 Å². The van der Waals surface area contributed by atoms with Gasteiger partial charge in [-0.15, -0.1) is 0 Å². The highest BCUT2D eigenvalue weighted by molar-refractivity contribution is 5.92. The summed E-state index contributed by atoms with van der Waals surface area (Å²) in [4.78, 5) is 18.3. The van der Waals surface area contributed by atoms with Crippen molar-refractivity contribution < 1.29 is 14.3 Å². The van der Waals surface area contributed by atoms with E-state index in [9.17, 15) is 14.3 Å². The van der Waals surface area contributed by atoms with E-state index in [0.29, 0.717) is 31.0 Å². The number of halogens is 1. The van der Waals surface area contributed by atoms with E-state index < -0.39 is 11.4 Å². The maximum absolute atomic E-state index is 13.0. The molecule has 1 saturated heterocycles. The first kappa shape index (κ1) is 17.3. The van der Waals surface area contributed by atoms with Gasteiger partial charge >= 0.3 is 0 Å². The summed E-state index contributed by atoms with van der Waals surface area (Å²) in [6.45, 7) is 4.95. The zero-order valence-corrected chi connectivity index (χ0v) is 14.3. The van der Waals surface area contributed by atoms with Crippen LogP contribution in [0.3, 0.4) is 0 Å². The third kappa shape index (κ3) is 3.79. The van der Waals surface area contributed by atoms with Crippen LogP contribution in [0.1, 0.15) is 36.8 Å². The molecule has 1 unspecified atom stereocenters. The number of amides is 1. The molecule has 2 aromatic rings. The highest BCUT2D eigenvalue weighted by atomic mass is 19.1. The van der Waals surface area contributed by atoms with Crippen molar-refractivity contribution in [3.63, 3.8) is 0 Å². The summed E-state index contributed by atoms with van der Waals surface area (Å²) in [6, 6.07) is 4.66. The molecule has 0 bridgehead atoms. The van der Waals surface area contributed by atoms with E-state index in [2.05, 4.69) is 15.4 Å². The molecule has 1 aliphatic rings. The minimum atomic E-state index is -1.05. The molecule has 1 fully saturated rings. The second kappa shape index (κ2) is 6.79. The molecule has 1 amide bonds. The first-order valence-corrected chi connectivity index (χ1v) is 8.28. The molecule has 0 aliphatic carbocycles. The van der Waals surface area contributed by atoms with Crippen LogP contribution < -0.4 is 10.2 Å². The largest absolute Gasteiger partial charge is 0.386 e. The minimum Gasteiger partial charge on any atom is -0.386 e. The van der Waals surface area contributed by atoms with Crippen molar-refractivity contribution in [1.29, 1.82) is 0 Å². The fraction of sp³-hybridized carbons (Fsp3) is 0.471.